The molecule has 1 aromatic carbocycles. The second-order valence-corrected chi connectivity index (χ2v) is 4.35. The first-order valence-corrected chi connectivity index (χ1v) is 6.12. The van der Waals surface area contributed by atoms with E-state index in [9.17, 15) is 0 Å². The van der Waals surface area contributed by atoms with Crippen LogP contribution < -0.4 is 14.2 Å². The fourth-order valence-electron chi connectivity index (χ4n) is 2.34. The Kier molecular flexibility index (Phi) is 2.29. The molecule has 2 aromatic heterocycles. The van der Waals surface area contributed by atoms with Crippen molar-refractivity contribution < 1.29 is 14.2 Å². The molecule has 20 heavy (non-hydrogen) atoms. The third-order valence-corrected chi connectivity index (χ3v) is 3.29. The Morgan fingerprint density at radius 1 is 1.20 bits per heavy atom. The number of ether oxygens (including phenoxy) is 3. The third kappa shape index (κ3) is 1.51. The molecule has 6 heteroatoms. The molecule has 0 amide bonds. The molecule has 0 bridgehead atoms. The maximum atomic E-state index is 5.45. The molecule has 1 aliphatic rings. The average molecular weight is 269 g/mol. The van der Waals surface area contributed by atoms with Gasteiger partial charge in [0.2, 0.25) is 6.79 Å². The molecule has 3 aromatic rings. The van der Waals surface area contributed by atoms with Gasteiger partial charge in [0, 0.05) is 24.0 Å². The van der Waals surface area contributed by atoms with Crippen LogP contribution in [0.1, 0.15) is 0 Å². The monoisotopic (exact) mass is 269 g/mol. The molecule has 0 saturated carbocycles. The van der Waals surface area contributed by atoms with Crippen LogP contribution in [0.25, 0.3) is 16.9 Å². The van der Waals surface area contributed by atoms with Crippen LogP contribution in [0.5, 0.6) is 17.2 Å². The molecule has 0 unspecified atom stereocenters. The second-order valence-electron chi connectivity index (χ2n) is 4.35. The van der Waals surface area contributed by atoms with Crippen LogP contribution in [0.4, 0.5) is 0 Å². The summed E-state index contributed by atoms with van der Waals surface area (Å²) >= 11 is 0. The third-order valence-electron chi connectivity index (χ3n) is 3.29. The topological polar surface area (TPSA) is 57.9 Å². The molecule has 4 rings (SSSR count). The van der Waals surface area contributed by atoms with Crippen molar-refractivity contribution in [3.63, 3.8) is 0 Å². The second kappa shape index (κ2) is 4.12. The standard InChI is InChI=1S/C14H11N3O3/c1-18-11-5-13-12(19-8-20-13)4-9(11)10-6-15-7-14-16-2-3-17(10)14/h2-7H,8H2,1H3. The van der Waals surface area contributed by atoms with Crippen LogP contribution in [0.2, 0.25) is 0 Å². The summed E-state index contributed by atoms with van der Waals surface area (Å²) < 4.78 is 18.2. The lowest BCUT2D eigenvalue weighted by atomic mass is 10.1. The van der Waals surface area contributed by atoms with E-state index in [0.29, 0.717) is 17.2 Å². The van der Waals surface area contributed by atoms with Gasteiger partial charge in [0.25, 0.3) is 0 Å². The fraction of sp³-hybridized carbons (Fsp3) is 0.143. The Bertz CT molecular complexity index is 797. The van der Waals surface area contributed by atoms with Gasteiger partial charge >= 0.3 is 0 Å². The molecule has 100 valence electrons. The number of imidazole rings is 1. The Hall–Kier alpha value is -2.76. The number of nitrogens with zero attached hydrogens (tertiary/aromatic N) is 3. The summed E-state index contributed by atoms with van der Waals surface area (Å²) in [7, 11) is 1.63. The molecule has 0 aliphatic carbocycles. The van der Waals surface area contributed by atoms with Crippen molar-refractivity contribution in [2.45, 2.75) is 0 Å². The maximum Gasteiger partial charge on any atom is 0.231 e. The number of benzene rings is 1. The molecule has 1 aliphatic heterocycles. The minimum absolute atomic E-state index is 0.232. The zero-order valence-corrected chi connectivity index (χ0v) is 10.7. The van der Waals surface area contributed by atoms with E-state index in [1.165, 1.54) is 0 Å². The van der Waals surface area contributed by atoms with Crippen molar-refractivity contribution >= 4 is 5.65 Å². The van der Waals surface area contributed by atoms with Gasteiger partial charge in [-0.3, -0.25) is 9.38 Å². The molecule has 0 fully saturated rings. The summed E-state index contributed by atoms with van der Waals surface area (Å²) in [4.78, 5) is 8.46. The van der Waals surface area contributed by atoms with E-state index in [2.05, 4.69) is 9.97 Å². The van der Waals surface area contributed by atoms with Gasteiger partial charge in [0.05, 0.1) is 25.2 Å². The van der Waals surface area contributed by atoms with Gasteiger partial charge in [0.1, 0.15) is 5.75 Å². The minimum Gasteiger partial charge on any atom is -0.496 e. The first-order valence-electron chi connectivity index (χ1n) is 6.12. The first kappa shape index (κ1) is 11.1. The van der Waals surface area contributed by atoms with Gasteiger partial charge in [0.15, 0.2) is 17.1 Å². The van der Waals surface area contributed by atoms with Gasteiger partial charge < -0.3 is 14.2 Å². The quantitative estimate of drug-likeness (QED) is 0.713. The number of fused-ring (bicyclic) bond motifs is 2. The van der Waals surface area contributed by atoms with E-state index < -0.39 is 0 Å². The largest absolute Gasteiger partial charge is 0.496 e. The molecule has 0 N–H and O–H groups in total. The summed E-state index contributed by atoms with van der Waals surface area (Å²) in [5.74, 6) is 2.10. The summed E-state index contributed by atoms with van der Waals surface area (Å²) in [5.41, 5.74) is 2.55. The molecule has 0 spiro atoms. The molecule has 0 radical (unpaired) electrons. The Morgan fingerprint density at radius 2 is 2.05 bits per heavy atom. The summed E-state index contributed by atoms with van der Waals surface area (Å²) in [6.07, 6.45) is 7.11. The number of methoxy groups -OCH3 is 1. The van der Waals surface area contributed by atoms with Crippen molar-refractivity contribution in [2.75, 3.05) is 13.9 Å². The fourth-order valence-corrected chi connectivity index (χ4v) is 2.34. The van der Waals surface area contributed by atoms with Crippen LogP contribution in [-0.2, 0) is 0 Å². The number of hydrogen-bond acceptors (Lipinski definition) is 5. The smallest absolute Gasteiger partial charge is 0.231 e. The van der Waals surface area contributed by atoms with E-state index in [-0.39, 0.29) is 6.79 Å². The molecular weight excluding hydrogens is 258 g/mol. The SMILES string of the molecule is COc1cc2c(cc1-c1cncc3nccn13)OCO2. The Morgan fingerprint density at radius 3 is 2.90 bits per heavy atom. The van der Waals surface area contributed by atoms with E-state index in [0.717, 1.165) is 16.9 Å². The highest BCUT2D eigenvalue weighted by atomic mass is 16.7. The van der Waals surface area contributed by atoms with Crippen molar-refractivity contribution in [1.29, 1.82) is 0 Å². The maximum absolute atomic E-state index is 5.45. The highest BCUT2D eigenvalue weighted by molar-refractivity contribution is 5.73. The Labute approximate surface area is 114 Å². The summed E-state index contributed by atoms with van der Waals surface area (Å²) in [6.45, 7) is 0.232. The zero-order valence-electron chi connectivity index (χ0n) is 10.7. The molecular formula is C14H11N3O3. The minimum atomic E-state index is 0.232. The lowest BCUT2D eigenvalue weighted by Crippen LogP contribution is -1.95. The predicted octanol–water partition coefficient (Wildman–Crippen LogP) is 2.13. The van der Waals surface area contributed by atoms with Crippen LogP contribution in [-0.4, -0.2) is 28.3 Å². The van der Waals surface area contributed by atoms with Gasteiger partial charge in [-0.15, -0.1) is 0 Å². The van der Waals surface area contributed by atoms with E-state index in [1.54, 1.807) is 25.7 Å². The lowest BCUT2D eigenvalue weighted by molar-refractivity contribution is 0.174. The van der Waals surface area contributed by atoms with Gasteiger partial charge in [-0.25, -0.2) is 4.98 Å². The van der Waals surface area contributed by atoms with E-state index in [4.69, 9.17) is 14.2 Å². The highest BCUT2D eigenvalue weighted by Crippen LogP contribution is 2.42. The van der Waals surface area contributed by atoms with E-state index >= 15 is 0 Å². The highest BCUT2D eigenvalue weighted by Gasteiger charge is 2.20. The summed E-state index contributed by atoms with van der Waals surface area (Å²) in [5, 5.41) is 0. The molecule has 3 heterocycles. The van der Waals surface area contributed by atoms with Crippen molar-refractivity contribution in [3.05, 3.63) is 36.9 Å². The van der Waals surface area contributed by atoms with Crippen LogP contribution >= 0.6 is 0 Å². The van der Waals surface area contributed by atoms with Gasteiger partial charge in [-0.05, 0) is 6.07 Å². The van der Waals surface area contributed by atoms with Crippen LogP contribution in [0, 0.1) is 0 Å². The molecule has 0 saturated heterocycles. The number of rotatable bonds is 2. The Balaban J connectivity index is 2.00. The lowest BCUT2D eigenvalue weighted by Gasteiger charge is -2.11. The summed E-state index contributed by atoms with van der Waals surface area (Å²) in [6, 6.07) is 3.73. The van der Waals surface area contributed by atoms with Crippen molar-refractivity contribution in [2.24, 2.45) is 0 Å². The van der Waals surface area contributed by atoms with Crippen LogP contribution in [0.3, 0.4) is 0 Å². The average Bonchev–Trinajstić information content (AvgIpc) is 3.13. The van der Waals surface area contributed by atoms with Crippen molar-refractivity contribution in [1.82, 2.24) is 14.4 Å². The number of aromatic nitrogens is 3. The number of hydrogen-bond donors (Lipinski definition) is 0. The van der Waals surface area contributed by atoms with Crippen molar-refractivity contribution in [3.8, 4) is 28.5 Å². The van der Waals surface area contributed by atoms with Gasteiger partial charge in [-0.1, -0.05) is 0 Å². The molecule has 6 nitrogen and oxygen atoms in total. The normalized spacial score (nSPS) is 12.8. The van der Waals surface area contributed by atoms with Gasteiger partial charge in [-0.2, -0.15) is 0 Å². The first-order chi connectivity index (χ1) is 9.86. The van der Waals surface area contributed by atoms with Crippen LogP contribution in [0.15, 0.2) is 36.9 Å². The zero-order chi connectivity index (χ0) is 13.5. The molecule has 0 atom stereocenters. The van der Waals surface area contributed by atoms with E-state index in [1.807, 2.05) is 22.7 Å². The predicted molar refractivity (Wildman–Crippen MR) is 71.1 cm³/mol.